The molecule has 0 aliphatic carbocycles. The van der Waals surface area contributed by atoms with E-state index in [9.17, 15) is 0 Å². The monoisotopic (exact) mass is 949 g/mol. The molecular formula is C74H47N. The Hall–Kier alpha value is -9.82. The summed E-state index contributed by atoms with van der Waals surface area (Å²) < 4.78 is 2.39. The zero-order valence-corrected chi connectivity index (χ0v) is 41.1. The Labute approximate surface area is 435 Å². The molecule has 75 heavy (non-hydrogen) atoms. The molecular weight excluding hydrogens is 903 g/mol. The van der Waals surface area contributed by atoms with Crippen molar-refractivity contribution in [1.82, 2.24) is 4.57 Å². The molecule has 0 N–H and O–H groups in total. The average Bonchev–Trinajstić information content (AvgIpc) is 3.84. The predicted octanol–water partition coefficient (Wildman–Crippen LogP) is 20.6. The van der Waals surface area contributed by atoms with E-state index in [2.05, 4.69) is 290 Å². The molecule has 1 aromatic heterocycles. The maximum Gasteiger partial charge on any atom is 0.0541 e. The minimum absolute atomic E-state index is 1.16. The standard InChI is InChI=1S/C74H47N/c1-4-21-48(22-5-1)70-56-42-39-51(45-52(56)40-43-66(70)74-61-33-13-11-30-58(61)57-29-10-12-32-60(57)73(74)49-23-6-2-7-24-49)50-25-20-26-53(46-50)71-62-34-14-16-36-64(62)72(65-37-17-15-35-63(65)71)54-41-44-69-67(47-54)59-31-18-19-38-68(59)75(69)55-27-8-3-9-28-55/h1-47H. The predicted molar refractivity (Wildman–Crippen MR) is 321 cm³/mol. The Morgan fingerprint density at radius 2 is 0.613 bits per heavy atom. The van der Waals surface area contributed by atoms with Crippen LogP contribution in [-0.4, -0.2) is 4.57 Å². The van der Waals surface area contributed by atoms with Crippen LogP contribution in [0.1, 0.15) is 0 Å². The van der Waals surface area contributed by atoms with Gasteiger partial charge in [-0.2, -0.15) is 0 Å². The van der Waals surface area contributed by atoms with Gasteiger partial charge in [-0.3, -0.25) is 0 Å². The summed E-state index contributed by atoms with van der Waals surface area (Å²) in [5.74, 6) is 0. The third-order valence-electron chi connectivity index (χ3n) is 15.7. The fraction of sp³-hybridized carbons (Fsp3) is 0. The Kier molecular flexibility index (Phi) is 9.96. The highest BCUT2D eigenvalue weighted by molar-refractivity contribution is 6.25. The zero-order valence-electron chi connectivity index (χ0n) is 41.1. The number of para-hydroxylation sites is 2. The van der Waals surface area contributed by atoms with Gasteiger partial charge in [0.2, 0.25) is 0 Å². The lowest BCUT2D eigenvalue weighted by Gasteiger charge is -2.22. The van der Waals surface area contributed by atoms with E-state index in [1.54, 1.807) is 0 Å². The highest BCUT2D eigenvalue weighted by atomic mass is 15.0. The molecule has 1 heterocycles. The van der Waals surface area contributed by atoms with E-state index < -0.39 is 0 Å². The van der Waals surface area contributed by atoms with Gasteiger partial charge in [0.05, 0.1) is 11.0 Å². The number of fused-ring (bicyclic) bond motifs is 9. The zero-order chi connectivity index (χ0) is 49.4. The summed E-state index contributed by atoms with van der Waals surface area (Å²) in [6.07, 6.45) is 0. The van der Waals surface area contributed by atoms with Gasteiger partial charge in [-0.25, -0.2) is 0 Å². The van der Waals surface area contributed by atoms with Crippen molar-refractivity contribution in [3.05, 3.63) is 285 Å². The molecule has 1 nitrogen and oxygen atoms in total. The lowest BCUT2D eigenvalue weighted by atomic mass is 9.81. The van der Waals surface area contributed by atoms with Crippen molar-refractivity contribution >= 4 is 75.7 Å². The van der Waals surface area contributed by atoms with Crippen molar-refractivity contribution in [2.45, 2.75) is 0 Å². The van der Waals surface area contributed by atoms with Gasteiger partial charge in [0.15, 0.2) is 0 Å². The molecule has 15 rings (SSSR count). The molecule has 0 aliphatic heterocycles. The molecule has 0 atom stereocenters. The summed E-state index contributed by atoms with van der Waals surface area (Å²) in [5.41, 5.74) is 18.3. The lowest BCUT2D eigenvalue weighted by molar-refractivity contribution is 1.18. The molecule has 0 fully saturated rings. The van der Waals surface area contributed by atoms with Gasteiger partial charge in [-0.1, -0.05) is 243 Å². The van der Waals surface area contributed by atoms with Crippen molar-refractivity contribution in [1.29, 1.82) is 0 Å². The minimum Gasteiger partial charge on any atom is -0.309 e. The summed E-state index contributed by atoms with van der Waals surface area (Å²) in [6, 6.07) is 105. The third-order valence-corrected chi connectivity index (χ3v) is 15.7. The average molecular weight is 950 g/mol. The van der Waals surface area contributed by atoms with Crippen molar-refractivity contribution in [2.75, 3.05) is 0 Å². The molecule has 15 aromatic rings. The van der Waals surface area contributed by atoms with Crippen LogP contribution in [0.5, 0.6) is 0 Å². The van der Waals surface area contributed by atoms with Crippen molar-refractivity contribution in [3.63, 3.8) is 0 Å². The van der Waals surface area contributed by atoms with Crippen LogP contribution in [0.4, 0.5) is 0 Å². The quantitative estimate of drug-likeness (QED) is 0.111. The van der Waals surface area contributed by atoms with Crippen LogP contribution >= 0.6 is 0 Å². The van der Waals surface area contributed by atoms with E-state index in [1.807, 2.05) is 0 Å². The van der Waals surface area contributed by atoms with Gasteiger partial charge in [0, 0.05) is 16.5 Å². The first-order valence-electron chi connectivity index (χ1n) is 26.0. The smallest absolute Gasteiger partial charge is 0.0541 e. The van der Waals surface area contributed by atoms with Crippen LogP contribution in [-0.2, 0) is 0 Å². The minimum atomic E-state index is 1.16. The highest BCUT2D eigenvalue weighted by Crippen LogP contribution is 2.50. The summed E-state index contributed by atoms with van der Waals surface area (Å²) in [5, 5.41) is 14.9. The van der Waals surface area contributed by atoms with Gasteiger partial charge < -0.3 is 4.57 Å². The molecule has 348 valence electrons. The number of hydrogen-bond acceptors (Lipinski definition) is 0. The van der Waals surface area contributed by atoms with Crippen molar-refractivity contribution in [2.24, 2.45) is 0 Å². The van der Waals surface area contributed by atoms with Gasteiger partial charge in [-0.15, -0.1) is 0 Å². The van der Waals surface area contributed by atoms with Crippen molar-refractivity contribution < 1.29 is 0 Å². The molecule has 0 saturated heterocycles. The number of benzene rings is 14. The van der Waals surface area contributed by atoms with Crippen LogP contribution < -0.4 is 0 Å². The van der Waals surface area contributed by atoms with Gasteiger partial charge in [-0.05, 0) is 163 Å². The summed E-state index contributed by atoms with van der Waals surface area (Å²) in [7, 11) is 0. The Morgan fingerprint density at radius 3 is 1.23 bits per heavy atom. The molecule has 0 radical (unpaired) electrons. The largest absolute Gasteiger partial charge is 0.309 e. The number of nitrogens with zero attached hydrogens (tertiary/aromatic N) is 1. The maximum absolute atomic E-state index is 2.42. The maximum atomic E-state index is 2.42. The van der Waals surface area contributed by atoms with E-state index in [1.165, 1.54) is 142 Å². The van der Waals surface area contributed by atoms with Gasteiger partial charge in [0.1, 0.15) is 0 Å². The fourth-order valence-corrected chi connectivity index (χ4v) is 12.5. The molecule has 0 bridgehead atoms. The first-order valence-corrected chi connectivity index (χ1v) is 26.0. The topological polar surface area (TPSA) is 4.93 Å². The second-order valence-corrected chi connectivity index (χ2v) is 19.8. The van der Waals surface area contributed by atoms with Crippen molar-refractivity contribution in [3.8, 4) is 72.4 Å². The molecule has 0 saturated carbocycles. The second kappa shape index (κ2) is 17.4. The van der Waals surface area contributed by atoms with Crippen LogP contribution in [0, 0.1) is 0 Å². The lowest BCUT2D eigenvalue weighted by Crippen LogP contribution is -1.95. The first-order chi connectivity index (χ1) is 37.2. The van der Waals surface area contributed by atoms with Crippen LogP contribution in [0.2, 0.25) is 0 Å². The van der Waals surface area contributed by atoms with E-state index in [0.29, 0.717) is 0 Å². The molecule has 1 heteroatoms. The van der Waals surface area contributed by atoms with E-state index >= 15 is 0 Å². The summed E-state index contributed by atoms with van der Waals surface area (Å²) in [4.78, 5) is 0. The summed E-state index contributed by atoms with van der Waals surface area (Å²) in [6.45, 7) is 0. The molecule has 0 amide bonds. The normalized spacial score (nSPS) is 11.7. The van der Waals surface area contributed by atoms with E-state index in [0.717, 1.165) is 5.69 Å². The first kappa shape index (κ1) is 42.8. The fourth-order valence-electron chi connectivity index (χ4n) is 12.5. The highest BCUT2D eigenvalue weighted by Gasteiger charge is 2.23. The number of hydrogen-bond donors (Lipinski definition) is 0. The number of aromatic nitrogens is 1. The van der Waals surface area contributed by atoms with Gasteiger partial charge in [0.25, 0.3) is 0 Å². The summed E-state index contributed by atoms with van der Waals surface area (Å²) >= 11 is 0. The third kappa shape index (κ3) is 6.86. The van der Waals surface area contributed by atoms with Gasteiger partial charge >= 0.3 is 0 Å². The van der Waals surface area contributed by atoms with Crippen LogP contribution in [0.25, 0.3) is 148 Å². The second-order valence-electron chi connectivity index (χ2n) is 19.8. The van der Waals surface area contributed by atoms with Crippen LogP contribution in [0.15, 0.2) is 285 Å². The molecule has 0 aliphatic rings. The van der Waals surface area contributed by atoms with Crippen LogP contribution in [0.3, 0.4) is 0 Å². The Morgan fingerprint density at radius 1 is 0.187 bits per heavy atom. The Bertz CT molecular complexity index is 4680. The molecule has 0 spiro atoms. The Balaban J connectivity index is 0.899. The van der Waals surface area contributed by atoms with E-state index in [4.69, 9.17) is 0 Å². The SMILES string of the molecule is c1ccc(-c2c(-c3c(-c4ccccc4)c4ccccc4c4ccccc34)ccc3cc(-c4cccc(-c5c6ccccc6c(-c6ccc7c(c6)c6ccccc6n7-c6ccccc6)c6ccccc56)c4)ccc23)cc1. The molecule has 0 unspecified atom stereocenters. The van der Waals surface area contributed by atoms with E-state index in [-0.39, 0.29) is 0 Å². The number of rotatable bonds is 7. The molecule has 14 aromatic carbocycles.